The maximum absolute atomic E-state index is 12.5. The van der Waals surface area contributed by atoms with E-state index in [1.54, 1.807) is 44.4 Å². The molecule has 9 heteroatoms. The third-order valence-electron chi connectivity index (χ3n) is 3.97. The number of aromatic nitrogens is 3. The number of thioether (sulfide) groups is 1. The molecule has 0 saturated carbocycles. The average Bonchev–Trinajstić information content (AvgIpc) is 3.18. The van der Waals surface area contributed by atoms with Gasteiger partial charge >= 0.3 is 0 Å². The molecule has 3 rings (SSSR count). The summed E-state index contributed by atoms with van der Waals surface area (Å²) in [6.07, 6.45) is 0. The van der Waals surface area contributed by atoms with Gasteiger partial charge in [0.15, 0.2) is 5.82 Å². The molecule has 29 heavy (non-hydrogen) atoms. The molecule has 7 nitrogen and oxygen atoms in total. The largest absolute Gasteiger partial charge is 0.496 e. The fourth-order valence-electron chi connectivity index (χ4n) is 2.54. The number of carbonyl (C=O) groups excluding carboxylic acids is 1. The summed E-state index contributed by atoms with van der Waals surface area (Å²) in [7, 11) is 1.58. The maximum atomic E-state index is 12.5. The Morgan fingerprint density at radius 1 is 1.28 bits per heavy atom. The van der Waals surface area contributed by atoms with E-state index in [0.717, 1.165) is 5.75 Å². The molecule has 0 saturated heterocycles. The summed E-state index contributed by atoms with van der Waals surface area (Å²) in [5, 5.41) is 10.6. The normalized spacial score (nSPS) is 11.7. The monoisotopic (exact) mass is 432 g/mol. The van der Waals surface area contributed by atoms with Crippen molar-refractivity contribution in [1.29, 1.82) is 0 Å². The van der Waals surface area contributed by atoms with Crippen molar-refractivity contribution in [2.24, 2.45) is 0 Å². The number of hydrogen-bond acceptors (Lipinski definition) is 6. The number of hydrogen-bond donors (Lipinski definition) is 2. The van der Waals surface area contributed by atoms with Crippen LogP contribution in [0.3, 0.4) is 0 Å². The highest BCUT2D eigenvalue weighted by Crippen LogP contribution is 2.31. The molecule has 0 bridgehead atoms. The lowest BCUT2D eigenvalue weighted by Crippen LogP contribution is -2.22. The van der Waals surface area contributed by atoms with Crippen LogP contribution in [0, 0.1) is 0 Å². The van der Waals surface area contributed by atoms with Crippen LogP contribution >= 0.6 is 23.4 Å². The van der Waals surface area contributed by atoms with Crippen molar-refractivity contribution in [2.75, 3.05) is 19.0 Å². The number of H-pyrrole nitrogens is 1. The van der Waals surface area contributed by atoms with Crippen molar-refractivity contribution in [3.8, 4) is 22.9 Å². The van der Waals surface area contributed by atoms with Crippen LogP contribution in [0.5, 0.6) is 11.5 Å². The van der Waals surface area contributed by atoms with Gasteiger partial charge in [0.05, 0.1) is 24.5 Å². The number of nitrogens with zero attached hydrogens (tertiary/aromatic N) is 2. The van der Waals surface area contributed by atoms with Crippen LogP contribution < -0.4 is 14.8 Å². The molecule has 0 radical (unpaired) electrons. The molecule has 1 unspecified atom stereocenters. The topological polar surface area (TPSA) is 89.1 Å². The van der Waals surface area contributed by atoms with Crippen molar-refractivity contribution in [2.45, 2.75) is 24.3 Å². The van der Waals surface area contributed by atoms with Gasteiger partial charge in [-0.1, -0.05) is 23.4 Å². The number of nitrogens with one attached hydrogen (secondary N) is 2. The molecule has 1 aromatic heterocycles. The Morgan fingerprint density at radius 2 is 2.03 bits per heavy atom. The Kier molecular flexibility index (Phi) is 7.00. The Balaban J connectivity index is 1.64. The molecule has 1 atom stereocenters. The Bertz CT molecular complexity index is 978. The number of halogens is 1. The molecule has 0 aliphatic carbocycles. The first kappa shape index (κ1) is 21.0. The van der Waals surface area contributed by atoms with Crippen molar-refractivity contribution >= 4 is 35.0 Å². The van der Waals surface area contributed by atoms with Crippen molar-refractivity contribution < 1.29 is 14.3 Å². The molecule has 0 aliphatic rings. The molecule has 0 spiro atoms. The third-order valence-corrected chi connectivity index (χ3v) is 5.16. The van der Waals surface area contributed by atoms with E-state index in [0.29, 0.717) is 39.6 Å². The predicted octanol–water partition coefficient (Wildman–Crippen LogP) is 4.65. The van der Waals surface area contributed by atoms with E-state index in [1.165, 1.54) is 11.8 Å². The summed E-state index contributed by atoms with van der Waals surface area (Å²) in [6.45, 7) is 4.31. The first-order chi connectivity index (χ1) is 14.0. The molecular formula is C20H21ClN4O3S. The summed E-state index contributed by atoms with van der Waals surface area (Å²) in [4.78, 5) is 16.9. The van der Waals surface area contributed by atoms with Gasteiger partial charge in [-0.15, -0.1) is 5.10 Å². The first-order valence-corrected chi connectivity index (χ1v) is 10.2. The second-order valence-corrected chi connectivity index (χ2v) is 7.76. The summed E-state index contributed by atoms with van der Waals surface area (Å²) < 4.78 is 10.7. The van der Waals surface area contributed by atoms with Crippen LogP contribution in [0.2, 0.25) is 5.02 Å². The van der Waals surface area contributed by atoms with Gasteiger partial charge in [0.2, 0.25) is 11.1 Å². The van der Waals surface area contributed by atoms with Crippen LogP contribution in [0.25, 0.3) is 11.4 Å². The van der Waals surface area contributed by atoms with Gasteiger partial charge in [0, 0.05) is 10.7 Å². The number of amides is 1. The van der Waals surface area contributed by atoms with Gasteiger partial charge in [-0.3, -0.25) is 9.89 Å². The summed E-state index contributed by atoms with van der Waals surface area (Å²) in [6, 6.07) is 12.5. The minimum atomic E-state index is -0.397. The zero-order chi connectivity index (χ0) is 20.8. The van der Waals surface area contributed by atoms with Gasteiger partial charge in [0.25, 0.3) is 0 Å². The van der Waals surface area contributed by atoms with E-state index in [9.17, 15) is 4.79 Å². The maximum Gasteiger partial charge on any atom is 0.237 e. The zero-order valence-electron chi connectivity index (χ0n) is 16.2. The molecule has 1 amide bonds. The predicted molar refractivity (Wildman–Crippen MR) is 115 cm³/mol. The summed E-state index contributed by atoms with van der Waals surface area (Å²) in [5.41, 5.74) is 1.40. The van der Waals surface area contributed by atoms with Crippen LogP contribution in [0.4, 0.5) is 5.69 Å². The highest BCUT2D eigenvalue weighted by Gasteiger charge is 2.19. The molecule has 152 valence electrons. The zero-order valence-corrected chi connectivity index (χ0v) is 17.8. The highest BCUT2D eigenvalue weighted by atomic mass is 35.5. The van der Waals surface area contributed by atoms with Gasteiger partial charge in [-0.05, 0) is 56.3 Å². The fraction of sp³-hybridized carbons (Fsp3) is 0.250. The van der Waals surface area contributed by atoms with E-state index in [4.69, 9.17) is 21.1 Å². The number of anilines is 1. The van der Waals surface area contributed by atoms with E-state index < -0.39 is 5.25 Å². The van der Waals surface area contributed by atoms with Crippen LogP contribution in [0.15, 0.2) is 47.6 Å². The molecule has 2 aromatic carbocycles. The number of methoxy groups -OCH3 is 1. The fourth-order valence-corrected chi connectivity index (χ4v) is 3.44. The number of ether oxygens (including phenoxy) is 2. The third kappa shape index (κ3) is 5.42. The highest BCUT2D eigenvalue weighted by molar-refractivity contribution is 8.00. The number of carbonyl (C=O) groups is 1. The number of benzene rings is 2. The SMILES string of the molecule is CCOc1ccc(NC(=O)C(C)Sc2n[nH]c(-c3cc(Cl)ccc3OC)n2)cc1. The van der Waals surface area contributed by atoms with Crippen LogP contribution in [-0.2, 0) is 4.79 Å². The summed E-state index contributed by atoms with van der Waals surface area (Å²) in [5.74, 6) is 1.76. The van der Waals surface area contributed by atoms with Crippen LogP contribution in [0.1, 0.15) is 13.8 Å². The number of aromatic amines is 1. The van der Waals surface area contributed by atoms with Crippen molar-refractivity contribution in [3.63, 3.8) is 0 Å². The van der Waals surface area contributed by atoms with E-state index in [1.807, 2.05) is 19.1 Å². The second kappa shape index (κ2) is 9.67. The molecule has 0 aliphatic heterocycles. The lowest BCUT2D eigenvalue weighted by Gasteiger charge is -2.11. The second-order valence-electron chi connectivity index (χ2n) is 6.02. The molecule has 1 heterocycles. The molecule has 2 N–H and O–H groups in total. The van der Waals surface area contributed by atoms with Crippen LogP contribution in [-0.4, -0.2) is 40.1 Å². The van der Waals surface area contributed by atoms with E-state index in [2.05, 4.69) is 20.5 Å². The smallest absolute Gasteiger partial charge is 0.237 e. The lowest BCUT2D eigenvalue weighted by molar-refractivity contribution is -0.115. The van der Waals surface area contributed by atoms with E-state index in [-0.39, 0.29) is 5.91 Å². The average molecular weight is 433 g/mol. The first-order valence-electron chi connectivity index (χ1n) is 8.97. The van der Waals surface area contributed by atoms with Gasteiger partial charge in [0.1, 0.15) is 11.5 Å². The van der Waals surface area contributed by atoms with Gasteiger partial charge in [-0.2, -0.15) is 0 Å². The van der Waals surface area contributed by atoms with Gasteiger partial charge in [-0.25, -0.2) is 4.98 Å². The number of rotatable bonds is 8. The van der Waals surface area contributed by atoms with Gasteiger partial charge < -0.3 is 14.8 Å². The van der Waals surface area contributed by atoms with E-state index >= 15 is 0 Å². The quantitative estimate of drug-likeness (QED) is 0.503. The molecule has 3 aromatic rings. The Morgan fingerprint density at radius 3 is 2.72 bits per heavy atom. The lowest BCUT2D eigenvalue weighted by atomic mass is 10.2. The minimum Gasteiger partial charge on any atom is -0.496 e. The minimum absolute atomic E-state index is 0.147. The standard InChI is InChI=1S/C20H21ClN4O3S/c1-4-28-15-8-6-14(7-9-15)22-19(26)12(2)29-20-23-18(24-25-20)16-11-13(21)5-10-17(16)27-3/h5-12H,4H2,1-3H3,(H,22,26)(H,23,24,25). The molecular weight excluding hydrogens is 412 g/mol. The Hall–Kier alpha value is -2.71. The summed E-state index contributed by atoms with van der Waals surface area (Å²) >= 11 is 7.33. The Labute approximate surface area is 178 Å². The van der Waals surface area contributed by atoms with Crippen molar-refractivity contribution in [3.05, 3.63) is 47.5 Å². The van der Waals surface area contributed by atoms with Crippen molar-refractivity contribution in [1.82, 2.24) is 15.2 Å². The molecule has 0 fully saturated rings.